The summed E-state index contributed by atoms with van der Waals surface area (Å²) in [5, 5.41) is 8.09. The number of halogens is 4. The highest BCUT2D eigenvalue weighted by Crippen LogP contribution is 2.37. The zero-order valence-electron chi connectivity index (χ0n) is 22.4. The summed E-state index contributed by atoms with van der Waals surface area (Å²) >= 11 is 0. The first-order valence-corrected chi connectivity index (χ1v) is 13.5. The number of sulfonamides is 1. The van der Waals surface area contributed by atoms with Crippen molar-refractivity contribution >= 4 is 21.9 Å². The quantitative estimate of drug-likeness (QED) is 0.191. The fraction of sp³-hybridized carbons (Fsp3) is 0.250. The standard InChI is InChI=1S/C24H21F4N7O7S/c1-39-15-7-5-8-16(40-2)19(15)35-20(14-6-4-9-18(30-14)41-3)32-33-23(35)34-43(37,38)11-10-17-29-12-13(25)21(31-17)42-22(36)24(26,27)28/h4-9,12H,10-11H2,1-3H3,(H,33,34). The lowest BCUT2D eigenvalue weighted by Crippen LogP contribution is -2.29. The SMILES string of the molecule is COc1cccc(-c2nnc(NS(=O)(=O)CCc3ncc(F)c(OC(=O)C(F)(F)F)n3)n2-c2c(OC)cccc2OC)n1. The van der Waals surface area contributed by atoms with Crippen molar-refractivity contribution in [2.45, 2.75) is 12.6 Å². The van der Waals surface area contributed by atoms with Crippen molar-refractivity contribution in [3.05, 3.63) is 54.2 Å². The molecule has 4 rings (SSSR count). The molecule has 0 radical (unpaired) electrons. The van der Waals surface area contributed by atoms with Gasteiger partial charge in [0.1, 0.15) is 28.7 Å². The fourth-order valence-corrected chi connectivity index (χ4v) is 4.54. The number of pyridine rings is 1. The van der Waals surface area contributed by atoms with Gasteiger partial charge in [0.15, 0.2) is 5.82 Å². The first-order chi connectivity index (χ1) is 20.4. The molecule has 1 N–H and O–H groups in total. The van der Waals surface area contributed by atoms with E-state index in [0.717, 1.165) is 0 Å². The number of esters is 1. The number of rotatable bonds is 11. The second-order valence-electron chi connectivity index (χ2n) is 8.26. The van der Waals surface area contributed by atoms with Crippen LogP contribution in [0.3, 0.4) is 0 Å². The smallest absolute Gasteiger partial charge is 0.491 e. The van der Waals surface area contributed by atoms with Crippen LogP contribution >= 0.6 is 0 Å². The molecule has 0 saturated heterocycles. The van der Waals surface area contributed by atoms with E-state index >= 15 is 0 Å². The Morgan fingerprint density at radius 1 is 0.977 bits per heavy atom. The molecule has 0 saturated carbocycles. The van der Waals surface area contributed by atoms with Crippen LogP contribution in [0.2, 0.25) is 0 Å². The van der Waals surface area contributed by atoms with E-state index in [9.17, 15) is 30.8 Å². The van der Waals surface area contributed by atoms with Crippen LogP contribution in [0.5, 0.6) is 23.3 Å². The van der Waals surface area contributed by atoms with Gasteiger partial charge in [0, 0.05) is 12.5 Å². The highest BCUT2D eigenvalue weighted by atomic mass is 32.2. The minimum Gasteiger partial charge on any atom is -0.494 e. The second-order valence-corrected chi connectivity index (χ2v) is 10.1. The van der Waals surface area contributed by atoms with Crippen LogP contribution in [-0.4, -0.2) is 77.4 Å². The second kappa shape index (κ2) is 12.4. The average molecular weight is 628 g/mol. The number of benzene rings is 1. The lowest BCUT2D eigenvalue weighted by atomic mass is 10.2. The summed E-state index contributed by atoms with van der Waals surface area (Å²) in [4.78, 5) is 22.4. The maximum atomic E-state index is 13.8. The maximum absolute atomic E-state index is 13.8. The maximum Gasteiger partial charge on any atom is 0.491 e. The normalized spacial score (nSPS) is 11.6. The van der Waals surface area contributed by atoms with Gasteiger partial charge in [-0.3, -0.25) is 9.29 Å². The Hall–Kier alpha value is -5.07. The fourth-order valence-electron chi connectivity index (χ4n) is 3.57. The number of anilines is 1. The van der Waals surface area contributed by atoms with E-state index < -0.39 is 51.9 Å². The molecule has 3 heterocycles. The molecule has 3 aromatic heterocycles. The third-order valence-corrected chi connectivity index (χ3v) is 6.71. The molecule has 0 atom stereocenters. The molecule has 0 aliphatic heterocycles. The molecule has 0 aliphatic carbocycles. The van der Waals surface area contributed by atoms with E-state index in [1.54, 1.807) is 36.4 Å². The van der Waals surface area contributed by atoms with Gasteiger partial charge in [-0.2, -0.15) is 22.5 Å². The van der Waals surface area contributed by atoms with Crippen LogP contribution in [-0.2, 0) is 21.2 Å². The van der Waals surface area contributed by atoms with Crippen LogP contribution < -0.4 is 23.7 Å². The van der Waals surface area contributed by atoms with Gasteiger partial charge in [0.2, 0.25) is 27.7 Å². The predicted molar refractivity (Wildman–Crippen MR) is 139 cm³/mol. The van der Waals surface area contributed by atoms with Gasteiger partial charge >= 0.3 is 12.1 Å². The summed E-state index contributed by atoms with van der Waals surface area (Å²) in [6.45, 7) is 0. The first kappa shape index (κ1) is 30.9. The molecule has 4 aromatic rings. The third-order valence-electron chi connectivity index (χ3n) is 5.47. The van der Waals surface area contributed by atoms with Gasteiger partial charge in [-0.05, 0) is 18.2 Å². The molecule has 228 valence electrons. The molecule has 0 bridgehead atoms. The summed E-state index contributed by atoms with van der Waals surface area (Å²) < 4.78 is 101. The Morgan fingerprint density at radius 2 is 1.65 bits per heavy atom. The number of alkyl halides is 3. The molecule has 1 aromatic carbocycles. The zero-order chi connectivity index (χ0) is 31.4. The Bertz CT molecular complexity index is 1730. The van der Waals surface area contributed by atoms with E-state index in [4.69, 9.17) is 14.2 Å². The number of para-hydroxylation sites is 1. The molecule has 0 amide bonds. The summed E-state index contributed by atoms with van der Waals surface area (Å²) in [5.74, 6) is -6.16. The lowest BCUT2D eigenvalue weighted by molar-refractivity contribution is -0.190. The molecule has 0 spiro atoms. The minimum absolute atomic E-state index is 0.0670. The van der Waals surface area contributed by atoms with E-state index in [-0.39, 0.29) is 40.5 Å². The Balaban J connectivity index is 1.68. The number of nitrogens with zero attached hydrogens (tertiary/aromatic N) is 6. The van der Waals surface area contributed by atoms with Crippen LogP contribution in [0.1, 0.15) is 5.82 Å². The number of hydrogen-bond acceptors (Lipinski definition) is 12. The largest absolute Gasteiger partial charge is 0.494 e. The van der Waals surface area contributed by atoms with Crippen LogP contribution in [0.15, 0.2) is 42.6 Å². The Labute approximate surface area is 240 Å². The van der Waals surface area contributed by atoms with E-state index in [1.165, 1.54) is 25.9 Å². The number of methoxy groups -OCH3 is 3. The van der Waals surface area contributed by atoms with Crippen molar-refractivity contribution < 1.29 is 49.7 Å². The van der Waals surface area contributed by atoms with Gasteiger partial charge in [0.05, 0.1) is 33.3 Å². The van der Waals surface area contributed by atoms with Gasteiger partial charge < -0.3 is 18.9 Å². The van der Waals surface area contributed by atoms with Crippen molar-refractivity contribution in [3.8, 4) is 40.5 Å². The van der Waals surface area contributed by atoms with Gasteiger partial charge in [-0.25, -0.2) is 23.2 Å². The van der Waals surface area contributed by atoms with E-state index in [1.807, 2.05) is 0 Å². The monoisotopic (exact) mass is 627 g/mol. The molecule has 0 unspecified atom stereocenters. The highest BCUT2D eigenvalue weighted by molar-refractivity contribution is 7.92. The van der Waals surface area contributed by atoms with Gasteiger partial charge in [-0.1, -0.05) is 12.1 Å². The van der Waals surface area contributed by atoms with E-state index in [2.05, 4.69) is 34.6 Å². The summed E-state index contributed by atoms with van der Waals surface area (Å²) in [6, 6.07) is 9.62. The first-order valence-electron chi connectivity index (χ1n) is 11.9. The summed E-state index contributed by atoms with van der Waals surface area (Å²) in [7, 11) is -0.129. The molecule has 43 heavy (non-hydrogen) atoms. The Morgan fingerprint density at radius 3 is 2.28 bits per heavy atom. The van der Waals surface area contributed by atoms with Crippen LogP contribution in [0.4, 0.5) is 23.5 Å². The minimum atomic E-state index is -5.41. The van der Waals surface area contributed by atoms with Gasteiger partial charge in [0.25, 0.3) is 5.88 Å². The number of carbonyl (C=O) groups excluding carboxylic acids is 1. The van der Waals surface area contributed by atoms with Gasteiger partial charge in [-0.15, -0.1) is 10.2 Å². The van der Waals surface area contributed by atoms with Crippen LogP contribution in [0, 0.1) is 5.82 Å². The number of aromatic nitrogens is 6. The molecule has 0 fully saturated rings. The third kappa shape index (κ3) is 7.05. The average Bonchev–Trinajstić information content (AvgIpc) is 3.38. The van der Waals surface area contributed by atoms with Crippen molar-refractivity contribution in [2.75, 3.05) is 31.8 Å². The molecule has 14 nitrogen and oxygen atoms in total. The molecular formula is C24H21F4N7O7S. The van der Waals surface area contributed by atoms with Crippen molar-refractivity contribution in [3.63, 3.8) is 0 Å². The van der Waals surface area contributed by atoms with Crippen LogP contribution in [0.25, 0.3) is 17.2 Å². The van der Waals surface area contributed by atoms with Crippen molar-refractivity contribution in [2.24, 2.45) is 0 Å². The lowest BCUT2D eigenvalue weighted by Gasteiger charge is -2.17. The molecule has 0 aliphatic rings. The predicted octanol–water partition coefficient (Wildman–Crippen LogP) is 2.74. The Kier molecular flexibility index (Phi) is 8.93. The number of nitrogens with one attached hydrogen (secondary N) is 1. The highest BCUT2D eigenvalue weighted by Gasteiger charge is 2.42. The molecular weight excluding hydrogens is 606 g/mol. The summed E-state index contributed by atoms with van der Waals surface area (Å²) in [6.07, 6.45) is -5.49. The molecule has 19 heteroatoms. The van der Waals surface area contributed by atoms with E-state index in [0.29, 0.717) is 6.20 Å². The number of ether oxygens (including phenoxy) is 4. The van der Waals surface area contributed by atoms with Crippen molar-refractivity contribution in [1.29, 1.82) is 0 Å². The zero-order valence-corrected chi connectivity index (χ0v) is 23.2. The van der Waals surface area contributed by atoms with Crippen molar-refractivity contribution in [1.82, 2.24) is 29.7 Å². The number of aryl methyl sites for hydroxylation is 1. The number of hydrogen-bond donors (Lipinski definition) is 1. The topological polar surface area (TPSA) is 170 Å². The summed E-state index contributed by atoms with van der Waals surface area (Å²) in [5.41, 5.74) is 0.457. The number of carbonyl (C=O) groups is 1.